The molecule has 7 nitrogen and oxygen atoms in total. The van der Waals surface area contributed by atoms with Crippen LogP contribution in [-0.4, -0.2) is 66.8 Å². The topological polar surface area (TPSA) is 93.9 Å². The van der Waals surface area contributed by atoms with Gasteiger partial charge in [-0.25, -0.2) is 4.79 Å². The third-order valence-electron chi connectivity index (χ3n) is 3.65. The van der Waals surface area contributed by atoms with E-state index in [1.807, 2.05) is 6.07 Å². The third-order valence-corrected chi connectivity index (χ3v) is 3.65. The van der Waals surface area contributed by atoms with E-state index in [2.05, 4.69) is 0 Å². The lowest BCUT2D eigenvalue weighted by Gasteiger charge is -2.27. The van der Waals surface area contributed by atoms with E-state index < -0.39 is 5.97 Å². The molecule has 1 unspecified atom stereocenters. The Hall–Kier alpha value is -1.81. The highest BCUT2D eigenvalue weighted by atomic mass is 16.5. The Bertz CT molecular complexity index is 394. The maximum atomic E-state index is 12.4. The molecular formula is C14H23N3O4. The first kappa shape index (κ1) is 17.2. The number of carbonyl (C=O) groups excluding carboxylic acids is 1. The number of amides is 2. The summed E-state index contributed by atoms with van der Waals surface area (Å²) in [7, 11) is 1.57. The van der Waals surface area contributed by atoms with E-state index >= 15 is 0 Å². The second-order valence-electron chi connectivity index (χ2n) is 5.20. The minimum Gasteiger partial charge on any atom is -0.481 e. The Labute approximate surface area is 125 Å². The minimum absolute atomic E-state index is 0.0832. The van der Waals surface area contributed by atoms with Crippen molar-refractivity contribution in [1.82, 2.24) is 9.80 Å². The molecule has 0 aliphatic carbocycles. The van der Waals surface area contributed by atoms with Gasteiger partial charge in [-0.1, -0.05) is 0 Å². The fraction of sp³-hybridized carbons (Fsp3) is 0.786. The number of hydrogen-bond donors (Lipinski definition) is 1. The Balaban J connectivity index is 2.47. The molecule has 118 valence electrons. The van der Waals surface area contributed by atoms with Crippen molar-refractivity contribution >= 4 is 12.0 Å². The fourth-order valence-corrected chi connectivity index (χ4v) is 2.46. The smallest absolute Gasteiger partial charge is 0.320 e. The predicted octanol–water partition coefficient (Wildman–Crippen LogP) is 1.16. The molecule has 1 rings (SSSR count). The number of urea groups is 1. The highest BCUT2D eigenvalue weighted by Crippen LogP contribution is 2.22. The molecule has 0 aromatic carbocycles. The Morgan fingerprint density at radius 2 is 2.24 bits per heavy atom. The van der Waals surface area contributed by atoms with Crippen molar-refractivity contribution in [1.29, 1.82) is 5.26 Å². The summed E-state index contributed by atoms with van der Waals surface area (Å²) in [6.07, 6.45) is 1.89. The van der Waals surface area contributed by atoms with Crippen LogP contribution in [0.5, 0.6) is 0 Å². The van der Waals surface area contributed by atoms with Gasteiger partial charge in [-0.05, 0) is 18.8 Å². The zero-order valence-corrected chi connectivity index (χ0v) is 12.5. The highest BCUT2D eigenvalue weighted by Gasteiger charge is 2.29. The lowest BCUT2D eigenvalue weighted by Crippen LogP contribution is -2.44. The summed E-state index contributed by atoms with van der Waals surface area (Å²) in [4.78, 5) is 26.4. The van der Waals surface area contributed by atoms with Crippen molar-refractivity contribution in [3.05, 3.63) is 0 Å². The second kappa shape index (κ2) is 9.19. The van der Waals surface area contributed by atoms with Gasteiger partial charge in [-0.3, -0.25) is 4.79 Å². The molecule has 0 saturated carbocycles. The van der Waals surface area contributed by atoms with Crippen LogP contribution in [0.4, 0.5) is 4.79 Å². The standard InChI is InChI=1S/C14H23N3O4/c1-21-10-9-16(7-2-6-15)14(20)17-8-5-12(11-17)3-4-13(18)19/h12H,2-5,7-11H2,1H3,(H,18,19). The van der Waals surface area contributed by atoms with Gasteiger partial charge in [0.05, 0.1) is 19.1 Å². The number of nitrogens with zero attached hydrogens (tertiary/aromatic N) is 3. The summed E-state index contributed by atoms with van der Waals surface area (Å²) >= 11 is 0. The molecule has 0 aromatic heterocycles. The molecule has 0 aromatic rings. The first-order chi connectivity index (χ1) is 10.1. The van der Waals surface area contributed by atoms with Crippen LogP contribution < -0.4 is 0 Å². The number of methoxy groups -OCH3 is 1. The van der Waals surface area contributed by atoms with Crippen LogP contribution in [0.1, 0.15) is 25.7 Å². The van der Waals surface area contributed by atoms with Gasteiger partial charge >= 0.3 is 12.0 Å². The summed E-state index contributed by atoms with van der Waals surface area (Å²) in [5, 5.41) is 17.4. The van der Waals surface area contributed by atoms with Crippen LogP contribution >= 0.6 is 0 Å². The van der Waals surface area contributed by atoms with E-state index in [-0.39, 0.29) is 18.4 Å². The van der Waals surface area contributed by atoms with Gasteiger partial charge in [0.2, 0.25) is 0 Å². The van der Waals surface area contributed by atoms with Crippen molar-refractivity contribution in [3.63, 3.8) is 0 Å². The summed E-state index contributed by atoms with van der Waals surface area (Å²) in [5.41, 5.74) is 0. The van der Waals surface area contributed by atoms with Gasteiger partial charge < -0.3 is 19.6 Å². The maximum absolute atomic E-state index is 12.4. The minimum atomic E-state index is -0.796. The molecule has 1 fully saturated rings. The van der Waals surface area contributed by atoms with E-state index in [0.29, 0.717) is 45.6 Å². The molecule has 0 radical (unpaired) electrons. The zero-order chi connectivity index (χ0) is 15.7. The average Bonchev–Trinajstić information content (AvgIpc) is 2.93. The summed E-state index contributed by atoms with van der Waals surface area (Å²) in [6, 6.07) is 1.96. The normalized spacial score (nSPS) is 17.5. The van der Waals surface area contributed by atoms with Crippen molar-refractivity contribution in [2.75, 3.05) is 39.9 Å². The SMILES string of the molecule is COCCN(CCC#N)C(=O)N1CCC(CCC(=O)O)C1. The van der Waals surface area contributed by atoms with E-state index in [0.717, 1.165) is 6.42 Å². The third kappa shape index (κ3) is 6.00. The lowest BCUT2D eigenvalue weighted by atomic mass is 10.0. The lowest BCUT2D eigenvalue weighted by molar-refractivity contribution is -0.137. The number of carbonyl (C=O) groups is 2. The van der Waals surface area contributed by atoms with E-state index in [1.165, 1.54) is 0 Å². The molecule has 0 bridgehead atoms. The number of ether oxygens (including phenoxy) is 1. The van der Waals surface area contributed by atoms with Crippen LogP contribution in [-0.2, 0) is 9.53 Å². The van der Waals surface area contributed by atoms with Gasteiger partial charge in [0, 0.05) is 39.7 Å². The van der Waals surface area contributed by atoms with Gasteiger partial charge in [-0.2, -0.15) is 5.26 Å². The van der Waals surface area contributed by atoms with Gasteiger partial charge in [0.15, 0.2) is 0 Å². The highest BCUT2D eigenvalue weighted by molar-refractivity contribution is 5.74. The number of hydrogen-bond acceptors (Lipinski definition) is 4. The van der Waals surface area contributed by atoms with Crippen LogP contribution in [0.15, 0.2) is 0 Å². The van der Waals surface area contributed by atoms with Crippen LogP contribution in [0.2, 0.25) is 0 Å². The van der Waals surface area contributed by atoms with Gasteiger partial charge in [0.25, 0.3) is 0 Å². The number of likely N-dealkylation sites (tertiary alicyclic amines) is 1. The molecule has 1 aliphatic rings. The molecule has 1 aliphatic heterocycles. The van der Waals surface area contributed by atoms with Crippen LogP contribution in [0, 0.1) is 17.2 Å². The first-order valence-electron chi connectivity index (χ1n) is 7.20. The van der Waals surface area contributed by atoms with Gasteiger partial charge in [-0.15, -0.1) is 0 Å². The quantitative estimate of drug-likeness (QED) is 0.725. The van der Waals surface area contributed by atoms with Crippen LogP contribution in [0.3, 0.4) is 0 Å². The van der Waals surface area contributed by atoms with Crippen molar-refractivity contribution in [3.8, 4) is 6.07 Å². The number of carboxylic acids is 1. The molecular weight excluding hydrogens is 274 g/mol. The molecule has 1 heterocycles. The Kier molecular flexibility index (Phi) is 7.54. The van der Waals surface area contributed by atoms with Crippen LogP contribution in [0.25, 0.3) is 0 Å². The first-order valence-corrected chi connectivity index (χ1v) is 7.20. The van der Waals surface area contributed by atoms with Crippen molar-refractivity contribution < 1.29 is 19.4 Å². The molecule has 7 heteroatoms. The van der Waals surface area contributed by atoms with Crippen molar-refractivity contribution in [2.24, 2.45) is 5.92 Å². The van der Waals surface area contributed by atoms with Crippen molar-refractivity contribution in [2.45, 2.75) is 25.7 Å². The fourth-order valence-electron chi connectivity index (χ4n) is 2.46. The molecule has 21 heavy (non-hydrogen) atoms. The maximum Gasteiger partial charge on any atom is 0.320 e. The second-order valence-corrected chi connectivity index (χ2v) is 5.20. The average molecular weight is 297 g/mol. The van der Waals surface area contributed by atoms with E-state index in [9.17, 15) is 9.59 Å². The largest absolute Gasteiger partial charge is 0.481 e. The molecule has 1 atom stereocenters. The predicted molar refractivity (Wildman–Crippen MR) is 75.6 cm³/mol. The summed E-state index contributed by atoms with van der Waals surface area (Å²) < 4.78 is 4.99. The molecule has 0 spiro atoms. The number of aliphatic carboxylic acids is 1. The van der Waals surface area contributed by atoms with E-state index in [4.69, 9.17) is 15.1 Å². The Morgan fingerprint density at radius 1 is 1.48 bits per heavy atom. The van der Waals surface area contributed by atoms with Gasteiger partial charge in [0.1, 0.15) is 0 Å². The number of nitriles is 1. The number of rotatable bonds is 8. The Morgan fingerprint density at radius 3 is 2.86 bits per heavy atom. The number of carboxylic acid groups (broad SMARTS) is 1. The molecule has 1 N–H and O–H groups in total. The zero-order valence-electron chi connectivity index (χ0n) is 12.5. The summed E-state index contributed by atoms with van der Waals surface area (Å²) in [5.74, 6) is -0.541. The summed E-state index contributed by atoms with van der Waals surface area (Å²) in [6.45, 7) is 2.55. The monoisotopic (exact) mass is 297 g/mol. The molecule has 2 amide bonds. The van der Waals surface area contributed by atoms with E-state index in [1.54, 1.807) is 16.9 Å². The molecule has 1 saturated heterocycles.